The molecule has 0 aliphatic heterocycles. The minimum atomic E-state index is 0.509. The zero-order valence-corrected chi connectivity index (χ0v) is 10.9. The Morgan fingerprint density at radius 3 is 2.79 bits per heavy atom. The van der Waals surface area contributed by atoms with Gasteiger partial charge >= 0.3 is 0 Å². The van der Waals surface area contributed by atoms with Gasteiger partial charge in [-0.3, -0.25) is 0 Å². The van der Waals surface area contributed by atoms with Gasteiger partial charge in [-0.2, -0.15) is 5.21 Å². The van der Waals surface area contributed by atoms with Crippen LogP contribution in [0.2, 0.25) is 0 Å². The lowest BCUT2D eigenvalue weighted by molar-refractivity contribution is 0.324. The van der Waals surface area contributed by atoms with Crippen molar-refractivity contribution in [1.29, 1.82) is 0 Å². The van der Waals surface area contributed by atoms with Crippen molar-refractivity contribution in [3.63, 3.8) is 0 Å². The molecule has 1 aromatic carbocycles. The molecule has 5 heteroatoms. The molecule has 2 unspecified atom stereocenters. The predicted octanol–water partition coefficient (Wildman–Crippen LogP) is 2.02. The monoisotopic (exact) mass is 257 g/mol. The number of H-pyrrole nitrogens is 1. The van der Waals surface area contributed by atoms with Crippen LogP contribution in [0.25, 0.3) is 0 Å². The second kappa shape index (κ2) is 5.93. The molecule has 100 valence electrons. The van der Waals surface area contributed by atoms with Crippen LogP contribution < -0.4 is 5.32 Å². The molecule has 0 amide bonds. The largest absolute Gasteiger partial charge is 0.306 e. The molecule has 1 saturated carbocycles. The quantitative estimate of drug-likeness (QED) is 0.879. The molecular weight excluding hydrogens is 238 g/mol. The van der Waals surface area contributed by atoms with E-state index in [1.165, 1.54) is 31.2 Å². The summed E-state index contributed by atoms with van der Waals surface area (Å²) >= 11 is 0. The van der Waals surface area contributed by atoms with E-state index >= 15 is 0 Å². The Balaban J connectivity index is 1.67. The summed E-state index contributed by atoms with van der Waals surface area (Å²) in [6.07, 6.45) is 5.10. The molecule has 0 radical (unpaired) electrons. The Morgan fingerprint density at radius 2 is 2.00 bits per heavy atom. The lowest BCUT2D eigenvalue weighted by Gasteiger charge is -2.32. The van der Waals surface area contributed by atoms with Gasteiger partial charge in [0.25, 0.3) is 0 Å². The van der Waals surface area contributed by atoms with E-state index in [1.807, 2.05) is 0 Å². The molecular formula is C14H19N5. The maximum Gasteiger partial charge on any atom is 0.188 e. The molecule has 3 rings (SSSR count). The number of nitrogens with one attached hydrogen (secondary N) is 2. The first-order valence-corrected chi connectivity index (χ1v) is 6.94. The normalized spacial score (nSPS) is 23.4. The molecule has 1 aliphatic carbocycles. The van der Waals surface area contributed by atoms with E-state index in [2.05, 4.69) is 56.3 Å². The van der Waals surface area contributed by atoms with Crippen LogP contribution in [-0.4, -0.2) is 26.7 Å². The molecule has 0 saturated heterocycles. The van der Waals surface area contributed by atoms with Gasteiger partial charge in [0.2, 0.25) is 0 Å². The van der Waals surface area contributed by atoms with Crippen LogP contribution in [0.3, 0.4) is 0 Å². The molecule has 5 nitrogen and oxygen atoms in total. The number of aromatic amines is 1. The average molecular weight is 257 g/mol. The van der Waals surface area contributed by atoms with Crippen molar-refractivity contribution >= 4 is 0 Å². The molecule has 2 atom stereocenters. The van der Waals surface area contributed by atoms with E-state index in [9.17, 15) is 0 Å². The van der Waals surface area contributed by atoms with Crippen LogP contribution in [0, 0.1) is 0 Å². The van der Waals surface area contributed by atoms with Crippen LogP contribution in [0.1, 0.15) is 43.0 Å². The van der Waals surface area contributed by atoms with Crippen LogP contribution in [0.4, 0.5) is 0 Å². The number of benzene rings is 1. The number of tetrazole rings is 1. The van der Waals surface area contributed by atoms with Crippen LogP contribution in [0.5, 0.6) is 0 Å². The Bertz CT molecular complexity index is 482. The summed E-state index contributed by atoms with van der Waals surface area (Å²) in [4.78, 5) is 0. The van der Waals surface area contributed by atoms with Crippen molar-refractivity contribution in [3.05, 3.63) is 41.7 Å². The zero-order chi connectivity index (χ0) is 12.9. The van der Waals surface area contributed by atoms with Crippen molar-refractivity contribution in [2.45, 2.75) is 44.2 Å². The molecule has 0 spiro atoms. The molecule has 19 heavy (non-hydrogen) atoms. The van der Waals surface area contributed by atoms with Crippen LogP contribution >= 0.6 is 0 Å². The summed E-state index contributed by atoms with van der Waals surface area (Å²) in [6, 6.07) is 11.3. The second-order valence-corrected chi connectivity index (χ2v) is 5.12. The van der Waals surface area contributed by atoms with Gasteiger partial charge in [-0.05, 0) is 24.3 Å². The van der Waals surface area contributed by atoms with Crippen molar-refractivity contribution in [1.82, 2.24) is 25.9 Å². The first kappa shape index (κ1) is 12.3. The number of hydrogen-bond acceptors (Lipinski definition) is 4. The highest BCUT2D eigenvalue weighted by Gasteiger charge is 2.26. The van der Waals surface area contributed by atoms with Crippen molar-refractivity contribution in [3.8, 4) is 0 Å². The third-order valence-electron chi connectivity index (χ3n) is 3.91. The summed E-state index contributed by atoms with van der Waals surface area (Å²) in [6.45, 7) is 0.685. The minimum Gasteiger partial charge on any atom is -0.306 e. The summed E-state index contributed by atoms with van der Waals surface area (Å²) in [5.74, 6) is 1.33. The highest BCUT2D eigenvalue weighted by atomic mass is 15.5. The van der Waals surface area contributed by atoms with E-state index in [0.29, 0.717) is 18.5 Å². The molecule has 1 aromatic heterocycles. The van der Waals surface area contributed by atoms with Crippen molar-refractivity contribution < 1.29 is 0 Å². The average Bonchev–Trinajstić information content (AvgIpc) is 3.00. The van der Waals surface area contributed by atoms with Gasteiger partial charge in [0.05, 0.1) is 6.54 Å². The van der Waals surface area contributed by atoms with Crippen molar-refractivity contribution in [2.24, 2.45) is 0 Å². The summed E-state index contributed by atoms with van der Waals surface area (Å²) in [5, 5.41) is 17.6. The fourth-order valence-corrected chi connectivity index (χ4v) is 2.95. The van der Waals surface area contributed by atoms with E-state index < -0.39 is 0 Å². The number of aromatic nitrogens is 4. The molecule has 1 heterocycles. The third kappa shape index (κ3) is 2.98. The van der Waals surface area contributed by atoms with Gasteiger partial charge in [0.15, 0.2) is 5.82 Å². The van der Waals surface area contributed by atoms with E-state index in [-0.39, 0.29) is 0 Å². The SMILES string of the molecule is c1ccc(C2CCCCC2NCc2nn[nH]n2)cc1. The third-order valence-corrected chi connectivity index (χ3v) is 3.91. The number of rotatable bonds is 4. The Kier molecular flexibility index (Phi) is 3.83. The van der Waals surface area contributed by atoms with E-state index in [4.69, 9.17) is 0 Å². The fraction of sp³-hybridized carbons (Fsp3) is 0.500. The molecule has 2 aromatic rings. The molecule has 1 fully saturated rings. The summed E-state index contributed by atoms with van der Waals surface area (Å²) < 4.78 is 0. The first-order valence-electron chi connectivity index (χ1n) is 6.94. The van der Waals surface area contributed by atoms with Gasteiger partial charge in [-0.25, -0.2) is 0 Å². The Labute approximate surface area is 112 Å². The Morgan fingerprint density at radius 1 is 1.16 bits per heavy atom. The van der Waals surface area contributed by atoms with Gasteiger partial charge in [-0.1, -0.05) is 48.4 Å². The lowest BCUT2D eigenvalue weighted by atomic mass is 9.80. The molecule has 2 N–H and O–H groups in total. The number of nitrogens with zero attached hydrogens (tertiary/aromatic N) is 3. The fourth-order valence-electron chi connectivity index (χ4n) is 2.95. The standard InChI is InChI=1S/C14H19N5/c1-2-6-11(7-3-1)12-8-4-5-9-13(12)15-10-14-16-18-19-17-14/h1-3,6-7,12-13,15H,4-5,8-10H2,(H,16,17,18,19). The van der Waals surface area contributed by atoms with Crippen molar-refractivity contribution in [2.75, 3.05) is 0 Å². The second-order valence-electron chi connectivity index (χ2n) is 5.12. The molecule has 1 aliphatic rings. The predicted molar refractivity (Wildman–Crippen MR) is 72.5 cm³/mol. The van der Waals surface area contributed by atoms with Crippen LogP contribution in [0.15, 0.2) is 30.3 Å². The van der Waals surface area contributed by atoms with E-state index in [1.54, 1.807) is 0 Å². The highest BCUT2D eigenvalue weighted by molar-refractivity contribution is 5.22. The summed E-state index contributed by atoms with van der Waals surface area (Å²) in [7, 11) is 0. The lowest BCUT2D eigenvalue weighted by Crippen LogP contribution is -2.37. The molecule has 0 bridgehead atoms. The maximum atomic E-state index is 3.99. The van der Waals surface area contributed by atoms with E-state index in [0.717, 1.165) is 5.82 Å². The van der Waals surface area contributed by atoms with Crippen LogP contribution in [-0.2, 0) is 6.54 Å². The van der Waals surface area contributed by atoms with Gasteiger partial charge in [-0.15, -0.1) is 10.2 Å². The summed E-state index contributed by atoms with van der Waals surface area (Å²) in [5.41, 5.74) is 1.44. The van der Waals surface area contributed by atoms with Gasteiger partial charge in [0.1, 0.15) is 0 Å². The topological polar surface area (TPSA) is 66.5 Å². The van der Waals surface area contributed by atoms with Gasteiger partial charge < -0.3 is 5.32 Å². The smallest absolute Gasteiger partial charge is 0.188 e. The van der Waals surface area contributed by atoms with Gasteiger partial charge in [0, 0.05) is 6.04 Å². The zero-order valence-electron chi connectivity index (χ0n) is 10.9. The maximum absolute atomic E-state index is 3.99. The highest BCUT2D eigenvalue weighted by Crippen LogP contribution is 2.33. The first-order chi connectivity index (χ1) is 9.43. The minimum absolute atomic E-state index is 0.509. The number of hydrogen-bond donors (Lipinski definition) is 2. The Hall–Kier alpha value is -1.75.